The number of anilines is 1. The van der Waals surface area contributed by atoms with Crippen molar-refractivity contribution in [3.8, 4) is 5.75 Å². The first-order valence-electron chi connectivity index (χ1n) is 5.11. The largest absolute Gasteiger partial charge is 0.506 e. The maximum absolute atomic E-state index is 11.9. The lowest BCUT2D eigenvalue weighted by Crippen LogP contribution is -2.40. The molecule has 1 atom stereocenters. The number of nitrogen functional groups attached to an aromatic ring is 1. The Morgan fingerprint density at radius 2 is 2.17 bits per heavy atom. The Kier molecular flexibility index (Phi) is 4.91. The number of nitrogens with one attached hydrogen (secondary N) is 1. The first-order valence-corrected chi connectivity index (χ1v) is 6.59. The van der Waals surface area contributed by atoms with Crippen molar-refractivity contribution in [3.63, 3.8) is 0 Å². The molecule has 0 saturated carbocycles. The molecule has 0 spiro atoms. The minimum Gasteiger partial charge on any atom is -0.506 e. The second kappa shape index (κ2) is 6.01. The van der Waals surface area contributed by atoms with Crippen LogP contribution < -0.4 is 10.5 Å². The topological polar surface area (TPSA) is 122 Å². The van der Waals surface area contributed by atoms with Crippen molar-refractivity contribution >= 4 is 15.7 Å². The molecular formula is C10H16N2O5S. The van der Waals surface area contributed by atoms with Crippen molar-refractivity contribution in [1.82, 2.24) is 4.72 Å². The number of ether oxygens (including phenoxy) is 1. The van der Waals surface area contributed by atoms with Crippen LogP contribution in [0, 0.1) is 0 Å². The van der Waals surface area contributed by atoms with E-state index in [-0.39, 0.29) is 29.5 Å². The number of hydrogen-bond acceptors (Lipinski definition) is 6. The fraction of sp³-hybridized carbons (Fsp3) is 0.400. The van der Waals surface area contributed by atoms with Crippen molar-refractivity contribution in [3.05, 3.63) is 18.2 Å². The number of benzene rings is 1. The Morgan fingerprint density at radius 1 is 1.50 bits per heavy atom. The normalized spacial score (nSPS) is 13.4. The van der Waals surface area contributed by atoms with Gasteiger partial charge in [0.2, 0.25) is 10.0 Å². The van der Waals surface area contributed by atoms with Gasteiger partial charge < -0.3 is 20.7 Å². The molecule has 0 aromatic heterocycles. The first kappa shape index (κ1) is 14.7. The van der Waals surface area contributed by atoms with Crippen molar-refractivity contribution in [1.29, 1.82) is 0 Å². The quantitative estimate of drug-likeness (QED) is 0.401. The third-order valence-electron chi connectivity index (χ3n) is 2.22. The van der Waals surface area contributed by atoms with E-state index >= 15 is 0 Å². The highest BCUT2D eigenvalue weighted by molar-refractivity contribution is 7.89. The third-order valence-corrected chi connectivity index (χ3v) is 3.74. The summed E-state index contributed by atoms with van der Waals surface area (Å²) in [5.74, 6) is -0.190. The monoisotopic (exact) mass is 276 g/mol. The van der Waals surface area contributed by atoms with E-state index in [1.54, 1.807) is 0 Å². The molecule has 1 aromatic carbocycles. The Balaban J connectivity index is 2.95. The van der Waals surface area contributed by atoms with E-state index in [9.17, 15) is 13.5 Å². The molecule has 1 rings (SSSR count). The number of methoxy groups -OCH3 is 1. The summed E-state index contributed by atoms with van der Waals surface area (Å²) in [6.07, 6.45) is 0. The average molecular weight is 276 g/mol. The van der Waals surface area contributed by atoms with Crippen LogP contribution in [0.3, 0.4) is 0 Å². The second-order valence-corrected chi connectivity index (χ2v) is 5.39. The van der Waals surface area contributed by atoms with E-state index in [1.165, 1.54) is 19.2 Å². The Bertz CT molecular complexity index is 503. The minimum absolute atomic E-state index is 0.0369. The third kappa shape index (κ3) is 3.57. The Hall–Kier alpha value is -1.35. The van der Waals surface area contributed by atoms with E-state index in [2.05, 4.69) is 4.72 Å². The number of hydrogen-bond donors (Lipinski definition) is 4. The number of aliphatic hydroxyl groups is 1. The van der Waals surface area contributed by atoms with E-state index < -0.39 is 16.1 Å². The van der Waals surface area contributed by atoms with Gasteiger partial charge in [-0.25, -0.2) is 13.1 Å². The van der Waals surface area contributed by atoms with Gasteiger partial charge in [0.15, 0.2) is 0 Å². The number of rotatable bonds is 6. The van der Waals surface area contributed by atoms with Gasteiger partial charge in [0.1, 0.15) is 5.75 Å². The number of aromatic hydroxyl groups is 1. The summed E-state index contributed by atoms with van der Waals surface area (Å²) in [4.78, 5) is -0.0904. The molecule has 7 nitrogen and oxygen atoms in total. The molecule has 0 bridgehead atoms. The molecule has 102 valence electrons. The van der Waals surface area contributed by atoms with E-state index in [1.807, 2.05) is 0 Å². The van der Waals surface area contributed by atoms with Gasteiger partial charge in [-0.1, -0.05) is 0 Å². The van der Waals surface area contributed by atoms with Crippen molar-refractivity contribution in [2.24, 2.45) is 0 Å². The molecule has 0 saturated heterocycles. The Morgan fingerprint density at radius 3 is 2.67 bits per heavy atom. The minimum atomic E-state index is -3.81. The molecule has 18 heavy (non-hydrogen) atoms. The fourth-order valence-corrected chi connectivity index (χ4v) is 2.56. The van der Waals surface area contributed by atoms with Crippen LogP contribution in [0.1, 0.15) is 0 Å². The van der Waals surface area contributed by atoms with Crippen LogP contribution in [0.25, 0.3) is 0 Å². The summed E-state index contributed by atoms with van der Waals surface area (Å²) >= 11 is 0. The smallest absolute Gasteiger partial charge is 0.241 e. The van der Waals surface area contributed by atoms with Crippen molar-refractivity contribution < 1.29 is 23.4 Å². The number of phenolic OH excluding ortho intramolecular Hbond substituents is 1. The van der Waals surface area contributed by atoms with Crippen LogP contribution in [0.2, 0.25) is 0 Å². The molecule has 0 aliphatic heterocycles. The molecule has 5 N–H and O–H groups in total. The lowest BCUT2D eigenvalue weighted by molar-refractivity contribution is 0.139. The summed E-state index contributed by atoms with van der Waals surface area (Å²) in [6.45, 7) is -0.343. The SMILES string of the molecule is COCC(CO)NS(=O)(=O)c1ccc(O)c(N)c1. The summed E-state index contributed by atoms with van der Waals surface area (Å²) in [7, 11) is -2.42. The van der Waals surface area contributed by atoms with Crippen molar-refractivity contribution in [2.45, 2.75) is 10.9 Å². The van der Waals surface area contributed by atoms with Gasteiger partial charge >= 0.3 is 0 Å². The molecule has 1 unspecified atom stereocenters. The fourth-order valence-electron chi connectivity index (χ4n) is 1.31. The summed E-state index contributed by atoms with van der Waals surface area (Å²) in [5.41, 5.74) is 5.39. The summed E-state index contributed by atoms with van der Waals surface area (Å²) < 4.78 is 30.9. The van der Waals surface area contributed by atoms with Crippen LogP contribution in [0.4, 0.5) is 5.69 Å². The van der Waals surface area contributed by atoms with Gasteiger partial charge in [-0.2, -0.15) is 0 Å². The standard InChI is InChI=1S/C10H16N2O5S/c1-17-6-7(5-13)12-18(15,16)8-2-3-10(14)9(11)4-8/h2-4,7,12-14H,5-6,11H2,1H3. The van der Waals surface area contributed by atoms with Gasteiger partial charge in [-0.05, 0) is 18.2 Å². The number of nitrogens with two attached hydrogens (primary N) is 1. The molecule has 0 amide bonds. The van der Waals surface area contributed by atoms with Crippen LogP contribution in [0.15, 0.2) is 23.1 Å². The molecule has 8 heteroatoms. The van der Waals surface area contributed by atoms with E-state index in [4.69, 9.17) is 15.6 Å². The number of phenols is 1. The molecule has 0 radical (unpaired) electrons. The van der Waals surface area contributed by atoms with Crippen LogP contribution in [-0.4, -0.2) is 45.0 Å². The molecule has 1 aromatic rings. The van der Waals surface area contributed by atoms with E-state index in [0.29, 0.717) is 0 Å². The number of sulfonamides is 1. The lowest BCUT2D eigenvalue weighted by Gasteiger charge is -2.15. The van der Waals surface area contributed by atoms with Gasteiger partial charge in [0.25, 0.3) is 0 Å². The van der Waals surface area contributed by atoms with Gasteiger partial charge in [0, 0.05) is 7.11 Å². The molecule has 0 aliphatic carbocycles. The summed E-state index contributed by atoms with van der Waals surface area (Å²) in [5, 5.41) is 18.2. The molecule has 0 heterocycles. The van der Waals surface area contributed by atoms with Gasteiger partial charge in [-0.3, -0.25) is 0 Å². The van der Waals surface area contributed by atoms with Crippen LogP contribution in [0.5, 0.6) is 5.75 Å². The lowest BCUT2D eigenvalue weighted by atomic mass is 10.3. The maximum Gasteiger partial charge on any atom is 0.241 e. The molecule has 0 aliphatic rings. The zero-order chi connectivity index (χ0) is 13.8. The van der Waals surface area contributed by atoms with Crippen LogP contribution in [-0.2, 0) is 14.8 Å². The molecular weight excluding hydrogens is 260 g/mol. The highest BCUT2D eigenvalue weighted by atomic mass is 32.2. The zero-order valence-electron chi connectivity index (χ0n) is 9.83. The maximum atomic E-state index is 11.9. The summed E-state index contributed by atoms with van der Waals surface area (Å²) in [6, 6.07) is 2.80. The zero-order valence-corrected chi connectivity index (χ0v) is 10.6. The van der Waals surface area contributed by atoms with Gasteiger partial charge in [0.05, 0.1) is 29.8 Å². The predicted molar refractivity (Wildman–Crippen MR) is 65.6 cm³/mol. The molecule has 0 fully saturated rings. The Labute approximate surface area is 105 Å². The highest BCUT2D eigenvalue weighted by Gasteiger charge is 2.20. The van der Waals surface area contributed by atoms with Crippen molar-refractivity contribution in [2.75, 3.05) is 26.1 Å². The number of aliphatic hydroxyl groups excluding tert-OH is 1. The van der Waals surface area contributed by atoms with Crippen LogP contribution >= 0.6 is 0 Å². The predicted octanol–water partition coefficient (Wildman–Crippen LogP) is -0.740. The highest BCUT2D eigenvalue weighted by Crippen LogP contribution is 2.23. The van der Waals surface area contributed by atoms with E-state index in [0.717, 1.165) is 6.07 Å². The average Bonchev–Trinajstić information content (AvgIpc) is 2.31. The second-order valence-electron chi connectivity index (χ2n) is 3.68. The first-order chi connectivity index (χ1) is 8.40. The van der Waals surface area contributed by atoms with Gasteiger partial charge in [-0.15, -0.1) is 0 Å².